The first kappa shape index (κ1) is 18.2. The minimum Gasteiger partial charge on any atom is -0.379 e. The van der Waals surface area contributed by atoms with E-state index in [1.807, 2.05) is 30.3 Å². The fourth-order valence-corrected chi connectivity index (χ4v) is 2.07. The third kappa shape index (κ3) is 7.63. The lowest BCUT2D eigenvalue weighted by atomic mass is 10.2. The fraction of sp³-hybridized carbons (Fsp3) is 0.533. The number of nitrogens with one attached hydrogen (secondary N) is 1. The van der Waals surface area contributed by atoms with Crippen LogP contribution in [0.2, 0.25) is 0 Å². The average Bonchev–Trinajstić information content (AvgIpc) is 2.97. The van der Waals surface area contributed by atoms with Crippen LogP contribution >= 0.6 is 24.0 Å². The van der Waals surface area contributed by atoms with Crippen LogP contribution in [0.4, 0.5) is 5.69 Å². The van der Waals surface area contributed by atoms with E-state index >= 15 is 0 Å². The summed E-state index contributed by atoms with van der Waals surface area (Å²) in [6, 6.07) is 9.77. The summed E-state index contributed by atoms with van der Waals surface area (Å²) in [6.45, 7) is 2.93. The standard InChI is InChI=1S/C15H23N3O2.HI/c16-15(18-13-6-2-1-3-7-13)17-9-5-10-19-12-14-8-4-11-20-14;/h1-3,6-7,14H,4-5,8-12H2,(H3,16,17,18);1H. The Kier molecular flexibility index (Phi) is 9.36. The van der Waals surface area contributed by atoms with Crippen LogP contribution in [0.1, 0.15) is 19.3 Å². The molecule has 1 heterocycles. The van der Waals surface area contributed by atoms with Crippen molar-refractivity contribution in [2.75, 3.05) is 31.7 Å². The molecule has 1 aromatic carbocycles. The van der Waals surface area contributed by atoms with Crippen molar-refractivity contribution < 1.29 is 9.47 Å². The second-order valence-corrected chi connectivity index (χ2v) is 4.82. The maximum absolute atomic E-state index is 5.80. The Labute approximate surface area is 143 Å². The van der Waals surface area contributed by atoms with E-state index in [9.17, 15) is 0 Å². The van der Waals surface area contributed by atoms with Crippen LogP contribution < -0.4 is 11.1 Å². The Hall–Kier alpha value is -0.860. The van der Waals surface area contributed by atoms with Gasteiger partial charge in [-0.2, -0.15) is 0 Å². The van der Waals surface area contributed by atoms with E-state index in [0.29, 0.717) is 31.8 Å². The van der Waals surface area contributed by atoms with Gasteiger partial charge in [0, 0.05) is 25.4 Å². The number of halogens is 1. The number of nitrogens with two attached hydrogens (primary N) is 1. The molecule has 6 heteroatoms. The van der Waals surface area contributed by atoms with E-state index in [1.54, 1.807) is 0 Å². The van der Waals surface area contributed by atoms with Crippen molar-refractivity contribution in [2.24, 2.45) is 10.7 Å². The average molecular weight is 405 g/mol. The van der Waals surface area contributed by atoms with Gasteiger partial charge in [0.2, 0.25) is 0 Å². The SMILES string of the molecule is I.NC(=NCCCOCC1CCCO1)Nc1ccccc1. The second-order valence-electron chi connectivity index (χ2n) is 4.82. The van der Waals surface area contributed by atoms with Crippen molar-refractivity contribution >= 4 is 35.6 Å². The van der Waals surface area contributed by atoms with Gasteiger partial charge < -0.3 is 20.5 Å². The van der Waals surface area contributed by atoms with E-state index in [2.05, 4.69) is 10.3 Å². The molecular weight excluding hydrogens is 381 g/mol. The normalized spacial score (nSPS) is 18.3. The molecule has 3 N–H and O–H groups in total. The first-order valence-electron chi connectivity index (χ1n) is 7.16. The second kappa shape index (κ2) is 10.8. The number of aliphatic imine (C=N–C) groups is 1. The summed E-state index contributed by atoms with van der Waals surface area (Å²) in [7, 11) is 0. The quantitative estimate of drug-likeness (QED) is 0.317. The van der Waals surface area contributed by atoms with Crippen molar-refractivity contribution in [1.82, 2.24) is 0 Å². The van der Waals surface area contributed by atoms with E-state index in [4.69, 9.17) is 15.2 Å². The van der Waals surface area contributed by atoms with Crippen molar-refractivity contribution in [2.45, 2.75) is 25.4 Å². The number of anilines is 1. The summed E-state index contributed by atoms with van der Waals surface area (Å²) in [5, 5.41) is 3.04. The molecule has 0 amide bonds. The number of hydrogen-bond donors (Lipinski definition) is 2. The van der Waals surface area contributed by atoms with Gasteiger partial charge >= 0.3 is 0 Å². The Morgan fingerprint density at radius 2 is 2.19 bits per heavy atom. The zero-order valence-corrected chi connectivity index (χ0v) is 14.5. The number of rotatable bonds is 7. The highest BCUT2D eigenvalue weighted by molar-refractivity contribution is 14.0. The van der Waals surface area contributed by atoms with Gasteiger partial charge in [0.05, 0.1) is 12.7 Å². The maximum Gasteiger partial charge on any atom is 0.193 e. The molecule has 0 saturated carbocycles. The molecule has 21 heavy (non-hydrogen) atoms. The lowest BCUT2D eigenvalue weighted by Crippen LogP contribution is -2.23. The monoisotopic (exact) mass is 405 g/mol. The predicted octanol–water partition coefficient (Wildman–Crippen LogP) is 2.62. The third-order valence-electron chi connectivity index (χ3n) is 3.10. The van der Waals surface area contributed by atoms with Gasteiger partial charge in [-0.3, -0.25) is 4.99 Å². The van der Waals surface area contributed by atoms with E-state index in [1.165, 1.54) is 0 Å². The summed E-state index contributed by atoms with van der Waals surface area (Å²) < 4.78 is 11.0. The molecule has 1 aliphatic rings. The van der Waals surface area contributed by atoms with Gasteiger partial charge in [0.25, 0.3) is 0 Å². The molecule has 0 bridgehead atoms. The molecule has 1 fully saturated rings. The highest BCUT2D eigenvalue weighted by Crippen LogP contribution is 2.11. The Balaban J connectivity index is 0.00000220. The molecule has 2 rings (SSSR count). The molecule has 1 aromatic rings. The molecule has 0 aliphatic carbocycles. The van der Waals surface area contributed by atoms with E-state index < -0.39 is 0 Å². The number of ether oxygens (including phenoxy) is 2. The van der Waals surface area contributed by atoms with Gasteiger partial charge in [0.1, 0.15) is 0 Å². The van der Waals surface area contributed by atoms with E-state index in [0.717, 1.165) is 31.6 Å². The topological polar surface area (TPSA) is 68.9 Å². The first-order valence-corrected chi connectivity index (χ1v) is 7.16. The molecule has 0 radical (unpaired) electrons. The van der Waals surface area contributed by atoms with E-state index in [-0.39, 0.29) is 24.0 Å². The van der Waals surface area contributed by atoms with Crippen LogP contribution in [-0.2, 0) is 9.47 Å². The van der Waals surface area contributed by atoms with Crippen LogP contribution in [0, 0.1) is 0 Å². The van der Waals surface area contributed by atoms with Crippen molar-refractivity contribution in [1.29, 1.82) is 0 Å². The van der Waals surface area contributed by atoms with Crippen LogP contribution in [0.15, 0.2) is 35.3 Å². The molecule has 0 aromatic heterocycles. The molecule has 1 aliphatic heterocycles. The summed E-state index contributed by atoms with van der Waals surface area (Å²) >= 11 is 0. The molecule has 1 unspecified atom stereocenters. The number of nitrogens with zero attached hydrogens (tertiary/aromatic N) is 1. The first-order chi connectivity index (χ1) is 9.84. The zero-order valence-electron chi connectivity index (χ0n) is 12.2. The van der Waals surface area contributed by atoms with Gasteiger partial charge in [-0.05, 0) is 31.4 Å². The van der Waals surface area contributed by atoms with Gasteiger partial charge in [-0.1, -0.05) is 18.2 Å². The largest absolute Gasteiger partial charge is 0.379 e. The Morgan fingerprint density at radius 3 is 2.90 bits per heavy atom. The highest BCUT2D eigenvalue weighted by Gasteiger charge is 2.14. The zero-order chi connectivity index (χ0) is 14.0. The lowest BCUT2D eigenvalue weighted by Gasteiger charge is -2.09. The molecule has 1 atom stereocenters. The summed E-state index contributed by atoms with van der Waals surface area (Å²) in [5.41, 5.74) is 6.75. The molecule has 1 saturated heterocycles. The fourth-order valence-electron chi connectivity index (χ4n) is 2.07. The number of hydrogen-bond acceptors (Lipinski definition) is 3. The van der Waals surface area contributed by atoms with Gasteiger partial charge in [-0.25, -0.2) is 0 Å². The highest BCUT2D eigenvalue weighted by atomic mass is 127. The lowest BCUT2D eigenvalue weighted by molar-refractivity contribution is 0.0171. The van der Waals surface area contributed by atoms with Crippen LogP contribution in [0.3, 0.4) is 0 Å². The molecule has 5 nitrogen and oxygen atoms in total. The van der Waals surface area contributed by atoms with Crippen LogP contribution in [-0.4, -0.2) is 38.4 Å². The maximum atomic E-state index is 5.80. The molecule has 118 valence electrons. The van der Waals surface area contributed by atoms with Crippen molar-refractivity contribution in [3.8, 4) is 0 Å². The predicted molar refractivity (Wildman–Crippen MR) is 96.4 cm³/mol. The summed E-state index contributed by atoms with van der Waals surface area (Å²) in [5.74, 6) is 0.440. The third-order valence-corrected chi connectivity index (χ3v) is 3.10. The van der Waals surface area contributed by atoms with Crippen molar-refractivity contribution in [3.05, 3.63) is 30.3 Å². The minimum atomic E-state index is 0. The van der Waals surface area contributed by atoms with Crippen LogP contribution in [0.25, 0.3) is 0 Å². The minimum absolute atomic E-state index is 0. The molecular formula is C15H24IN3O2. The summed E-state index contributed by atoms with van der Waals surface area (Å²) in [6.07, 6.45) is 3.43. The summed E-state index contributed by atoms with van der Waals surface area (Å²) in [4.78, 5) is 4.26. The van der Waals surface area contributed by atoms with Crippen LogP contribution in [0.5, 0.6) is 0 Å². The Bertz CT molecular complexity index is 409. The number of benzene rings is 1. The number of guanidine groups is 1. The molecule has 0 spiro atoms. The Morgan fingerprint density at radius 1 is 1.38 bits per heavy atom. The van der Waals surface area contributed by atoms with Crippen molar-refractivity contribution in [3.63, 3.8) is 0 Å². The number of para-hydroxylation sites is 1. The smallest absolute Gasteiger partial charge is 0.193 e. The van der Waals surface area contributed by atoms with Gasteiger partial charge in [-0.15, -0.1) is 24.0 Å². The van der Waals surface area contributed by atoms with Gasteiger partial charge in [0.15, 0.2) is 5.96 Å².